The van der Waals surface area contributed by atoms with Gasteiger partial charge >= 0.3 is 0 Å². The summed E-state index contributed by atoms with van der Waals surface area (Å²) in [5.41, 5.74) is 3.09. The van der Waals surface area contributed by atoms with Crippen molar-refractivity contribution in [3.8, 4) is 11.5 Å². The summed E-state index contributed by atoms with van der Waals surface area (Å²) in [7, 11) is 0. The number of benzene rings is 2. The van der Waals surface area contributed by atoms with E-state index in [4.69, 9.17) is 9.47 Å². The summed E-state index contributed by atoms with van der Waals surface area (Å²) < 4.78 is 11.5. The number of hydrogen-bond acceptors (Lipinski definition) is 4. The molecule has 6 nitrogen and oxygen atoms in total. The molecule has 0 radical (unpaired) electrons. The Bertz CT molecular complexity index is 911. The molecule has 28 heavy (non-hydrogen) atoms. The van der Waals surface area contributed by atoms with E-state index < -0.39 is 0 Å². The Morgan fingerprint density at radius 3 is 2.75 bits per heavy atom. The fourth-order valence-corrected chi connectivity index (χ4v) is 3.67. The van der Waals surface area contributed by atoms with Crippen molar-refractivity contribution >= 4 is 17.5 Å². The molecule has 2 amide bonds. The first-order valence-electron chi connectivity index (χ1n) is 9.55. The molecule has 146 valence electrons. The molecule has 1 saturated heterocycles. The molecule has 1 fully saturated rings. The Balaban J connectivity index is 1.35. The first kappa shape index (κ1) is 18.3. The first-order chi connectivity index (χ1) is 13.5. The molecule has 2 aliphatic heterocycles. The van der Waals surface area contributed by atoms with Crippen LogP contribution in [0.15, 0.2) is 42.5 Å². The topological polar surface area (TPSA) is 67.9 Å². The molecule has 0 unspecified atom stereocenters. The number of ether oxygens (including phenoxy) is 2. The van der Waals surface area contributed by atoms with Crippen molar-refractivity contribution in [1.82, 2.24) is 5.32 Å². The number of anilines is 1. The van der Waals surface area contributed by atoms with Gasteiger partial charge in [0.15, 0.2) is 11.5 Å². The highest BCUT2D eigenvalue weighted by Gasteiger charge is 2.36. The van der Waals surface area contributed by atoms with Gasteiger partial charge in [0.1, 0.15) is 12.7 Å². The van der Waals surface area contributed by atoms with Crippen LogP contribution in [0.5, 0.6) is 11.5 Å². The first-order valence-corrected chi connectivity index (χ1v) is 9.55. The van der Waals surface area contributed by atoms with Crippen LogP contribution in [0.1, 0.15) is 17.5 Å². The van der Waals surface area contributed by atoms with Crippen molar-refractivity contribution in [2.24, 2.45) is 5.92 Å². The van der Waals surface area contributed by atoms with Crippen LogP contribution in [0.2, 0.25) is 0 Å². The maximum Gasteiger partial charge on any atom is 0.227 e. The SMILES string of the molecule is Cc1cccc(N2C[C@@H](C(=O)NC[C@H]3COc4ccccc4O3)CC2=O)c1C. The molecule has 2 aromatic rings. The Morgan fingerprint density at radius 1 is 1.14 bits per heavy atom. The van der Waals surface area contributed by atoms with E-state index in [1.807, 2.05) is 56.3 Å². The third-order valence-corrected chi connectivity index (χ3v) is 5.43. The molecule has 2 aromatic carbocycles. The molecule has 2 heterocycles. The molecule has 0 spiro atoms. The lowest BCUT2D eigenvalue weighted by molar-refractivity contribution is -0.126. The summed E-state index contributed by atoms with van der Waals surface area (Å²) in [4.78, 5) is 26.8. The summed E-state index contributed by atoms with van der Waals surface area (Å²) in [5, 5.41) is 2.92. The summed E-state index contributed by atoms with van der Waals surface area (Å²) in [6.45, 7) is 5.16. The van der Waals surface area contributed by atoms with Gasteiger partial charge in [-0.15, -0.1) is 0 Å². The normalized spacial score (nSPS) is 20.9. The number of nitrogens with zero attached hydrogens (tertiary/aromatic N) is 1. The standard InChI is InChI=1S/C22H24N2O4/c1-14-6-5-7-18(15(14)2)24-12-16(10-21(24)25)22(26)23-11-17-13-27-19-8-3-4-9-20(19)28-17/h3-9,16-17H,10-13H2,1-2H3,(H,23,26)/t16-,17-/m0/s1. The molecular formula is C22H24N2O4. The minimum atomic E-state index is -0.357. The summed E-state index contributed by atoms with van der Waals surface area (Å²) >= 11 is 0. The Labute approximate surface area is 164 Å². The van der Waals surface area contributed by atoms with Crippen LogP contribution >= 0.6 is 0 Å². The zero-order valence-corrected chi connectivity index (χ0v) is 16.1. The molecule has 0 aliphatic carbocycles. The van der Waals surface area contributed by atoms with E-state index in [1.54, 1.807) is 4.90 Å². The van der Waals surface area contributed by atoms with E-state index in [1.165, 1.54) is 0 Å². The van der Waals surface area contributed by atoms with Crippen molar-refractivity contribution in [2.45, 2.75) is 26.4 Å². The molecule has 0 aromatic heterocycles. The fourth-order valence-electron chi connectivity index (χ4n) is 3.67. The average Bonchev–Trinajstić information content (AvgIpc) is 3.09. The second-order valence-electron chi connectivity index (χ2n) is 7.37. The number of rotatable bonds is 4. The molecule has 4 rings (SSSR count). The lowest BCUT2D eigenvalue weighted by atomic mass is 10.1. The monoisotopic (exact) mass is 380 g/mol. The Hall–Kier alpha value is -3.02. The number of para-hydroxylation sites is 2. The van der Waals surface area contributed by atoms with Gasteiger partial charge in [-0.25, -0.2) is 0 Å². The molecule has 2 aliphatic rings. The van der Waals surface area contributed by atoms with Crippen LogP contribution in [0.25, 0.3) is 0 Å². The molecule has 0 bridgehead atoms. The number of carbonyl (C=O) groups excluding carboxylic acids is 2. The quantitative estimate of drug-likeness (QED) is 0.885. The van der Waals surface area contributed by atoms with Crippen molar-refractivity contribution in [3.05, 3.63) is 53.6 Å². The van der Waals surface area contributed by atoms with Gasteiger partial charge in [-0.05, 0) is 43.2 Å². The molecular weight excluding hydrogens is 356 g/mol. The number of aryl methyl sites for hydroxylation is 1. The van der Waals surface area contributed by atoms with Crippen molar-refractivity contribution < 1.29 is 19.1 Å². The van der Waals surface area contributed by atoms with Crippen LogP contribution in [-0.4, -0.2) is 37.6 Å². The number of fused-ring (bicyclic) bond motifs is 1. The van der Waals surface area contributed by atoms with Crippen molar-refractivity contribution in [3.63, 3.8) is 0 Å². The molecule has 1 N–H and O–H groups in total. The van der Waals surface area contributed by atoms with Gasteiger partial charge in [0, 0.05) is 18.7 Å². The van der Waals surface area contributed by atoms with Crippen LogP contribution in [0, 0.1) is 19.8 Å². The maximum absolute atomic E-state index is 12.6. The van der Waals surface area contributed by atoms with E-state index in [0.717, 1.165) is 22.6 Å². The minimum absolute atomic E-state index is 0.0139. The summed E-state index contributed by atoms with van der Waals surface area (Å²) in [6, 6.07) is 13.4. The Morgan fingerprint density at radius 2 is 1.93 bits per heavy atom. The van der Waals surface area contributed by atoms with Gasteiger partial charge in [0.2, 0.25) is 11.8 Å². The maximum atomic E-state index is 12.6. The molecule has 6 heteroatoms. The van der Waals surface area contributed by atoms with E-state index >= 15 is 0 Å². The number of hydrogen-bond donors (Lipinski definition) is 1. The largest absolute Gasteiger partial charge is 0.486 e. The predicted octanol–water partition coefficient (Wildman–Crippen LogP) is 2.61. The van der Waals surface area contributed by atoms with Gasteiger partial charge < -0.3 is 19.7 Å². The zero-order valence-electron chi connectivity index (χ0n) is 16.1. The second-order valence-corrected chi connectivity index (χ2v) is 7.37. The van der Waals surface area contributed by atoms with E-state index in [0.29, 0.717) is 25.4 Å². The van der Waals surface area contributed by atoms with E-state index in [9.17, 15) is 9.59 Å². The Kier molecular flexibility index (Phi) is 4.94. The summed E-state index contributed by atoms with van der Waals surface area (Å²) in [6.07, 6.45) is -0.0181. The lowest BCUT2D eigenvalue weighted by Gasteiger charge is -2.27. The number of carbonyl (C=O) groups is 2. The molecule has 0 saturated carbocycles. The third kappa shape index (κ3) is 3.54. The van der Waals surface area contributed by atoms with Gasteiger partial charge in [0.05, 0.1) is 12.5 Å². The number of amides is 2. The minimum Gasteiger partial charge on any atom is -0.486 e. The summed E-state index contributed by atoms with van der Waals surface area (Å²) in [5.74, 6) is 0.911. The van der Waals surface area contributed by atoms with Crippen LogP contribution in [0.3, 0.4) is 0 Å². The fraction of sp³-hybridized carbons (Fsp3) is 0.364. The van der Waals surface area contributed by atoms with Gasteiger partial charge in [0.25, 0.3) is 0 Å². The highest BCUT2D eigenvalue weighted by molar-refractivity contribution is 6.00. The van der Waals surface area contributed by atoms with E-state index in [2.05, 4.69) is 5.32 Å². The number of nitrogens with one attached hydrogen (secondary N) is 1. The van der Waals surface area contributed by atoms with Gasteiger partial charge in [-0.3, -0.25) is 9.59 Å². The average molecular weight is 380 g/mol. The van der Waals surface area contributed by atoms with Crippen molar-refractivity contribution in [2.75, 3.05) is 24.6 Å². The van der Waals surface area contributed by atoms with Crippen molar-refractivity contribution in [1.29, 1.82) is 0 Å². The molecule has 2 atom stereocenters. The van der Waals surface area contributed by atoms with Crippen LogP contribution in [0.4, 0.5) is 5.69 Å². The highest BCUT2D eigenvalue weighted by Crippen LogP contribution is 2.31. The second kappa shape index (κ2) is 7.54. The van der Waals surface area contributed by atoms with Gasteiger partial charge in [-0.2, -0.15) is 0 Å². The van der Waals surface area contributed by atoms with Crippen LogP contribution < -0.4 is 19.7 Å². The van der Waals surface area contributed by atoms with E-state index in [-0.39, 0.29) is 30.3 Å². The third-order valence-electron chi connectivity index (χ3n) is 5.43. The smallest absolute Gasteiger partial charge is 0.227 e. The predicted molar refractivity (Wildman–Crippen MR) is 106 cm³/mol. The zero-order chi connectivity index (χ0) is 19.7. The highest BCUT2D eigenvalue weighted by atomic mass is 16.6. The van der Waals surface area contributed by atoms with Gasteiger partial charge in [-0.1, -0.05) is 24.3 Å². The van der Waals surface area contributed by atoms with Crippen LogP contribution in [-0.2, 0) is 9.59 Å². The lowest BCUT2D eigenvalue weighted by Crippen LogP contribution is -2.43.